The maximum absolute atomic E-state index is 13.2. The zero-order valence-electron chi connectivity index (χ0n) is 15.1. The molecule has 1 atom stereocenters. The fourth-order valence-corrected chi connectivity index (χ4v) is 3.25. The largest absolute Gasteiger partial charge is 0.416 e. The van der Waals surface area contributed by atoms with Crippen molar-refractivity contribution in [3.05, 3.63) is 65.6 Å². The van der Waals surface area contributed by atoms with E-state index in [0.717, 1.165) is 17.0 Å². The Morgan fingerprint density at radius 3 is 2.63 bits per heavy atom. The first-order valence-electron chi connectivity index (χ1n) is 8.64. The van der Waals surface area contributed by atoms with E-state index in [9.17, 15) is 18.3 Å². The maximum atomic E-state index is 13.2. The minimum absolute atomic E-state index is 0.0816. The van der Waals surface area contributed by atoms with Gasteiger partial charge in [-0.2, -0.15) is 13.2 Å². The van der Waals surface area contributed by atoms with Gasteiger partial charge >= 0.3 is 6.18 Å². The van der Waals surface area contributed by atoms with Gasteiger partial charge in [0.05, 0.1) is 5.56 Å². The first kappa shape index (κ1) is 19.4. The van der Waals surface area contributed by atoms with Crippen LogP contribution in [0, 0.1) is 5.41 Å². The van der Waals surface area contributed by atoms with E-state index in [1.165, 1.54) is 6.07 Å². The molecule has 4 nitrogen and oxygen atoms in total. The van der Waals surface area contributed by atoms with E-state index in [1.54, 1.807) is 30.7 Å². The van der Waals surface area contributed by atoms with Gasteiger partial charge in [0.2, 0.25) is 0 Å². The molecule has 1 aromatic carbocycles. The number of nitrogens with zero attached hydrogens (tertiary/aromatic N) is 1. The van der Waals surface area contributed by atoms with Crippen LogP contribution in [0.5, 0.6) is 0 Å². The van der Waals surface area contributed by atoms with Crippen LogP contribution in [0.3, 0.4) is 0 Å². The Morgan fingerprint density at radius 2 is 2.00 bits per heavy atom. The number of aromatic amines is 1. The Morgan fingerprint density at radius 1 is 1.22 bits per heavy atom. The van der Waals surface area contributed by atoms with Crippen LogP contribution < -0.4 is 5.32 Å². The molecule has 0 saturated heterocycles. The molecule has 0 aliphatic heterocycles. The second-order valence-electron chi connectivity index (χ2n) is 7.32. The zero-order valence-corrected chi connectivity index (χ0v) is 15.1. The lowest BCUT2D eigenvalue weighted by atomic mass is 9.81. The van der Waals surface area contributed by atoms with Crippen LogP contribution in [0.2, 0.25) is 0 Å². The minimum atomic E-state index is -4.42. The van der Waals surface area contributed by atoms with Gasteiger partial charge in [-0.25, -0.2) is 0 Å². The lowest BCUT2D eigenvalue weighted by Gasteiger charge is -2.34. The molecule has 3 aromatic rings. The summed E-state index contributed by atoms with van der Waals surface area (Å²) < 4.78 is 39.7. The van der Waals surface area contributed by atoms with Crippen LogP contribution in [0.1, 0.15) is 36.6 Å². The molecular formula is C20H22F3N3O. The molecule has 27 heavy (non-hydrogen) atoms. The lowest BCUT2D eigenvalue weighted by Crippen LogP contribution is -2.36. The molecule has 0 spiro atoms. The summed E-state index contributed by atoms with van der Waals surface area (Å²) in [5, 5.41) is 13.9. The fraction of sp³-hybridized carbons (Fsp3) is 0.350. The molecule has 0 amide bonds. The summed E-state index contributed by atoms with van der Waals surface area (Å²) in [7, 11) is 0. The van der Waals surface area contributed by atoms with Crippen molar-refractivity contribution in [1.29, 1.82) is 0 Å². The Bertz CT molecular complexity index is 904. The molecule has 0 aliphatic carbocycles. The van der Waals surface area contributed by atoms with E-state index in [0.29, 0.717) is 11.1 Å². The van der Waals surface area contributed by atoms with Crippen molar-refractivity contribution in [3.63, 3.8) is 0 Å². The van der Waals surface area contributed by atoms with E-state index in [2.05, 4.69) is 15.3 Å². The number of alkyl halides is 3. The van der Waals surface area contributed by atoms with Gasteiger partial charge in [0.15, 0.2) is 0 Å². The number of hydrogen-bond acceptors (Lipinski definition) is 3. The fourth-order valence-electron chi connectivity index (χ4n) is 3.25. The van der Waals surface area contributed by atoms with Gasteiger partial charge in [0, 0.05) is 54.1 Å². The topological polar surface area (TPSA) is 60.9 Å². The average molecular weight is 377 g/mol. The number of nitrogens with one attached hydrogen (secondary N) is 2. The van der Waals surface area contributed by atoms with Crippen molar-refractivity contribution in [2.24, 2.45) is 5.41 Å². The van der Waals surface area contributed by atoms with Gasteiger partial charge in [-0.3, -0.25) is 4.98 Å². The van der Waals surface area contributed by atoms with Crippen LogP contribution in [-0.4, -0.2) is 21.7 Å². The van der Waals surface area contributed by atoms with Crippen LogP contribution in [0.25, 0.3) is 10.9 Å². The molecule has 2 heterocycles. The van der Waals surface area contributed by atoms with Crippen LogP contribution in [-0.2, 0) is 12.7 Å². The smallest absolute Gasteiger partial charge is 0.396 e. The van der Waals surface area contributed by atoms with E-state index in [4.69, 9.17) is 0 Å². The summed E-state index contributed by atoms with van der Waals surface area (Å²) in [4.78, 5) is 6.98. The second-order valence-corrected chi connectivity index (χ2v) is 7.32. The third-order valence-electron chi connectivity index (χ3n) is 4.79. The molecule has 0 bridgehead atoms. The molecular weight excluding hydrogens is 355 g/mol. The Hall–Kier alpha value is -2.38. The monoisotopic (exact) mass is 377 g/mol. The zero-order chi connectivity index (χ0) is 19.7. The predicted molar refractivity (Wildman–Crippen MR) is 98.0 cm³/mol. The number of rotatable bonds is 6. The summed E-state index contributed by atoms with van der Waals surface area (Å²) in [6.07, 6.45) is 0.571. The summed E-state index contributed by atoms with van der Waals surface area (Å²) in [5.74, 6) is 0. The third kappa shape index (κ3) is 4.14. The maximum Gasteiger partial charge on any atom is 0.416 e. The van der Waals surface area contributed by atoms with Crippen molar-refractivity contribution < 1.29 is 18.3 Å². The number of aliphatic hydroxyl groups excluding tert-OH is 1. The minimum Gasteiger partial charge on any atom is -0.396 e. The molecule has 0 fully saturated rings. The van der Waals surface area contributed by atoms with Gasteiger partial charge in [0.25, 0.3) is 0 Å². The molecule has 0 saturated carbocycles. The number of aromatic nitrogens is 2. The molecule has 3 N–H and O–H groups in total. The normalized spacial score (nSPS) is 13.9. The van der Waals surface area contributed by atoms with Crippen molar-refractivity contribution in [3.8, 4) is 0 Å². The molecule has 0 aliphatic rings. The highest BCUT2D eigenvalue weighted by molar-refractivity contribution is 5.83. The quantitative estimate of drug-likeness (QED) is 0.596. The van der Waals surface area contributed by atoms with Gasteiger partial charge in [-0.1, -0.05) is 19.9 Å². The third-order valence-corrected chi connectivity index (χ3v) is 4.79. The van der Waals surface area contributed by atoms with Gasteiger partial charge < -0.3 is 15.4 Å². The molecule has 1 unspecified atom stereocenters. The number of benzene rings is 1. The van der Waals surface area contributed by atoms with E-state index < -0.39 is 17.2 Å². The SMILES string of the molecule is CC(C)(CO)C(NCc1cc(C(F)(F)F)cc2[nH]ccc12)c1cccnc1. The number of hydrogen-bond donors (Lipinski definition) is 3. The van der Waals surface area contributed by atoms with E-state index in [1.807, 2.05) is 19.9 Å². The molecule has 3 rings (SSSR count). The van der Waals surface area contributed by atoms with Crippen LogP contribution >= 0.6 is 0 Å². The van der Waals surface area contributed by atoms with Crippen molar-refractivity contribution >= 4 is 10.9 Å². The first-order valence-corrected chi connectivity index (χ1v) is 8.64. The molecule has 0 radical (unpaired) electrons. The first-order chi connectivity index (χ1) is 12.7. The molecule has 2 aromatic heterocycles. The average Bonchev–Trinajstić information content (AvgIpc) is 3.10. The highest BCUT2D eigenvalue weighted by atomic mass is 19.4. The number of H-pyrrole nitrogens is 1. The predicted octanol–water partition coefficient (Wildman–Crippen LogP) is 4.43. The summed E-state index contributed by atoms with van der Waals surface area (Å²) in [6.45, 7) is 3.94. The summed E-state index contributed by atoms with van der Waals surface area (Å²) in [6, 6.07) is 7.47. The Kier molecular flexibility index (Phi) is 5.26. The van der Waals surface area contributed by atoms with E-state index >= 15 is 0 Å². The highest BCUT2D eigenvalue weighted by Crippen LogP contribution is 2.35. The van der Waals surface area contributed by atoms with Crippen molar-refractivity contribution in [2.75, 3.05) is 6.61 Å². The highest BCUT2D eigenvalue weighted by Gasteiger charge is 2.33. The second kappa shape index (κ2) is 7.32. The van der Waals surface area contributed by atoms with Gasteiger partial charge in [-0.15, -0.1) is 0 Å². The van der Waals surface area contributed by atoms with Gasteiger partial charge in [-0.05, 0) is 35.4 Å². The molecule has 144 valence electrons. The van der Waals surface area contributed by atoms with Crippen LogP contribution in [0.4, 0.5) is 13.2 Å². The van der Waals surface area contributed by atoms with Crippen molar-refractivity contribution in [1.82, 2.24) is 15.3 Å². The number of halogens is 3. The standard InChI is InChI=1S/C20H22F3N3O/c1-19(2,12-27)18(13-4-3-6-24-10-13)26-11-14-8-15(20(21,22)23)9-17-16(14)5-7-25-17/h3-10,18,25-27H,11-12H2,1-2H3. The number of fused-ring (bicyclic) bond motifs is 1. The van der Waals surface area contributed by atoms with Crippen LogP contribution in [0.15, 0.2) is 48.9 Å². The lowest BCUT2D eigenvalue weighted by molar-refractivity contribution is -0.137. The van der Waals surface area contributed by atoms with Gasteiger partial charge in [0.1, 0.15) is 0 Å². The molecule has 7 heteroatoms. The summed E-state index contributed by atoms with van der Waals surface area (Å²) in [5.41, 5.74) is 0.647. The number of aliphatic hydroxyl groups is 1. The summed E-state index contributed by atoms with van der Waals surface area (Å²) >= 11 is 0. The van der Waals surface area contributed by atoms with Crippen molar-refractivity contribution in [2.45, 2.75) is 32.6 Å². The number of pyridine rings is 1. The van der Waals surface area contributed by atoms with E-state index in [-0.39, 0.29) is 19.2 Å². The Balaban J connectivity index is 1.95. The Labute approximate surface area is 155 Å².